The van der Waals surface area contributed by atoms with E-state index in [1.807, 2.05) is 53.4 Å². The van der Waals surface area contributed by atoms with Crippen molar-refractivity contribution in [3.05, 3.63) is 65.7 Å². The van der Waals surface area contributed by atoms with E-state index in [9.17, 15) is 4.79 Å². The maximum Gasteiger partial charge on any atom is 0.231 e. The third-order valence-corrected chi connectivity index (χ3v) is 3.71. The highest BCUT2D eigenvalue weighted by molar-refractivity contribution is 5.94. The molecule has 2 aromatic rings. The summed E-state index contributed by atoms with van der Waals surface area (Å²) in [6.45, 7) is 4.99. The van der Waals surface area contributed by atoms with Crippen molar-refractivity contribution in [2.24, 2.45) is 0 Å². The SMILES string of the molecule is CCCCN(C(=O)Cc1ccccc1C)c1ccccc1. The number of aryl methyl sites for hydroxylation is 1. The van der Waals surface area contributed by atoms with E-state index in [-0.39, 0.29) is 5.91 Å². The number of carbonyl (C=O) groups is 1. The largest absolute Gasteiger partial charge is 0.312 e. The summed E-state index contributed by atoms with van der Waals surface area (Å²) in [6, 6.07) is 18.1. The number of para-hydroxylation sites is 1. The molecule has 0 heterocycles. The quantitative estimate of drug-likeness (QED) is 0.770. The van der Waals surface area contributed by atoms with E-state index in [1.165, 1.54) is 5.56 Å². The van der Waals surface area contributed by atoms with Crippen molar-refractivity contribution < 1.29 is 4.79 Å². The first kappa shape index (κ1) is 15.3. The zero-order valence-corrected chi connectivity index (χ0v) is 12.9. The summed E-state index contributed by atoms with van der Waals surface area (Å²) >= 11 is 0. The maximum atomic E-state index is 12.7. The molecule has 2 aromatic carbocycles. The second-order valence-electron chi connectivity index (χ2n) is 5.34. The van der Waals surface area contributed by atoms with Crippen molar-refractivity contribution in [1.29, 1.82) is 0 Å². The fraction of sp³-hybridized carbons (Fsp3) is 0.316. The average molecular weight is 281 g/mol. The van der Waals surface area contributed by atoms with E-state index < -0.39 is 0 Å². The van der Waals surface area contributed by atoms with E-state index in [2.05, 4.69) is 19.9 Å². The molecule has 21 heavy (non-hydrogen) atoms. The number of hydrogen-bond acceptors (Lipinski definition) is 1. The minimum atomic E-state index is 0.170. The number of amides is 1. The number of anilines is 1. The number of benzene rings is 2. The number of unbranched alkanes of at least 4 members (excludes halogenated alkanes) is 1. The van der Waals surface area contributed by atoms with E-state index in [1.54, 1.807) is 0 Å². The predicted octanol–water partition coefficient (Wildman–Crippen LogP) is 4.37. The number of carbonyl (C=O) groups excluding carboxylic acids is 1. The van der Waals surface area contributed by atoms with Crippen molar-refractivity contribution in [1.82, 2.24) is 0 Å². The van der Waals surface area contributed by atoms with Crippen LogP contribution in [-0.2, 0) is 11.2 Å². The van der Waals surface area contributed by atoms with Gasteiger partial charge in [-0.05, 0) is 36.6 Å². The molecule has 0 aliphatic carbocycles. The molecule has 0 N–H and O–H groups in total. The second kappa shape index (κ2) is 7.63. The molecule has 0 radical (unpaired) electrons. The molecule has 0 saturated carbocycles. The maximum absolute atomic E-state index is 12.7. The van der Waals surface area contributed by atoms with Crippen molar-refractivity contribution in [2.75, 3.05) is 11.4 Å². The van der Waals surface area contributed by atoms with Gasteiger partial charge in [-0.25, -0.2) is 0 Å². The van der Waals surface area contributed by atoms with Crippen LogP contribution in [-0.4, -0.2) is 12.5 Å². The van der Waals surface area contributed by atoms with Crippen molar-refractivity contribution in [2.45, 2.75) is 33.1 Å². The summed E-state index contributed by atoms with van der Waals surface area (Å²) in [4.78, 5) is 14.6. The van der Waals surface area contributed by atoms with Crippen LogP contribution in [0.2, 0.25) is 0 Å². The van der Waals surface area contributed by atoms with E-state index in [0.29, 0.717) is 6.42 Å². The van der Waals surface area contributed by atoms with Crippen LogP contribution in [0.4, 0.5) is 5.69 Å². The second-order valence-corrected chi connectivity index (χ2v) is 5.34. The zero-order valence-electron chi connectivity index (χ0n) is 12.9. The topological polar surface area (TPSA) is 20.3 Å². The van der Waals surface area contributed by atoms with Crippen LogP contribution < -0.4 is 4.90 Å². The van der Waals surface area contributed by atoms with Crippen LogP contribution in [0.15, 0.2) is 54.6 Å². The standard InChI is InChI=1S/C19H23NO/c1-3-4-14-20(18-12-6-5-7-13-18)19(21)15-17-11-9-8-10-16(17)2/h5-13H,3-4,14-15H2,1-2H3. The highest BCUT2D eigenvalue weighted by Gasteiger charge is 2.16. The van der Waals surface area contributed by atoms with Gasteiger partial charge in [0, 0.05) is 12.2 Å². The Morgan fingerprint density at radius 3 is 2.33 bits per heavy atom. The molecule has 0 aromatic heterocycles. The predicted molar refractivity (Wildman–Crippen MR) is 88.6 cm³/mol. The molecule has 0 atom stereocenters. The molecule has 1 amide bonds. The summed E-state index contributed by atoms with van der Waals surface area (Å²) < 4.78 is 0. The molecule has 0 unspecified atom stereocenters. The minimum absolute atomic E-state index is 0.170. The molecule has 2 rings (SSSR count). The fourth-order valence-corrected chi connectivity index (χ4v) is 2.39. The van der Waals surface area contributed by atoms with Gasteiger partial charge in [0.05, 0.1) is 6.42 Å². The number of nitrogens with zero attached hydrogens (tertiary/aromatic N) is 1. The smallest absolute Gasteiger partial charge is 0.231 e. The Balaban J connectivity index is 2.17. The lowest BCUT2D eigenvalue weighted by atomic mass is 10.0. The Morgan fingerprint density at radius 1 is 1.00 bits per heavy atom. The van der Waals surface area contributed by atoms with E-state index in [0.717, 1.165) is 30.6 Å². The van der Waals surface area contributed by atoms with Crippen LogP contribution in [0.3, 0.4) is 0 Å². The first-order valence-corrected chi connectivity index (χ1v) is 7.62. The summed E-state index contributed by atoms with van der Waals surface area (Å²) in [7, 11) is 0. The molecule has 0 saturated heterocycles. The normalized spacial score (nSPS) is 10.4. The van der Waals surface area contributed by atoms with Gasteiger partial charge in [0.2, 0.25) is 5.91 Å². The van der Waals surface area contributed by atoms with Crippen LogP contribution in [0.1, 0.15) is 30.9 Å². The third kappa shape index (κ3) is 4.19. The molecule has 0 bridgehead atoms. The summed E-state index contributed by atoms with van der Waals surface area (Å²) in [5.41, 5.74) is 3.28. The van der Waals surface area contributed by atoms with Gasteiger partial charge >= 0.3 is 0 Å². The minimum Gasteiger partial charge on any atom is -0.312 e. The highest BCUT2D eigenvalue weighted by Crippen LogP contribution is 2.17. The van der Waals surface area contributed by atoms with Gasteiger partial charge < -0.3 is 4.90 Å². The highest BCUT2D eigenvalue weighted by atomic mass is 16.2. The Morgan fingerprint density at radius 2 is 1.67 bits per heavy atom. The molecule has 0 fully saturated rings. The van der Waals surface area contributed by atoms with Crippen molar-refractivity contribution in [3.8, 4) is 0 Å². The lowest BCUT2D eigenvalue weighted by Crippen LogP contribution is -2.33. The molecule has 110 valence electrons. The van der Waals surface area contributed by atoms with Crippen LogP contribution in [0.5, 0.6) is 0 Å². The Hall–Kier alpha value is -2.09. The number of rotatable bonds is 6. The van der Waals surface area contributed by atoms with Gasteiger partial charge in [0.25, 0.3) is 0 Å². The molecule has 2 heteroatoms. The van der Waals surface area contributed by atoms with Gasteiger partial charge in [-0.2, -0.15) is 0 Å². The lowest BCUT2D eigenvalue weighted by Gasteiger charge is -2.23. The monoisotopic (exact) mass is 281 g/mol. The zero-order chi connectivity index (χ0) is 15.1. The van der Waals surface area contributed by atoms with Gasteiger partial charge in [-0.15, -0.1) is 0 Å². The van der Waals surface area contributed by atoms with Gasteiger partial charge in [-0.3, -0.25) is 4.79 Å². The van der Waals surface area contributed by atoms with Gasteiger partial charge in [0.1, 0.15) is 0 Å². The van der Waals surface area contributed by atoms with Crippen LogP contribution >= 0.6 is 0 Å². The summed E-state index contributed by atoms with van der Waals surface area (Å²) in [5.74, 6) is 0.170. The van der Waals surface area contributed by atoms with Gasteiger partial charge in [0.15, 0.2) is 0 Å². The molecule has 2 nitrogen and oxygen atoms in total. The molecule has 0 aliphatic heterocycles. The Labute approximate surface area is 127 Å². The summed E-state index contributed by atoms with van der Waals surface area (Å²) in [5, 5.41) is 0. The number of hydrogen-bond donors (Lipinski definition) is 0. The Bertz CT molecular complexity index is 577. The van der Waals surface area contributed by atoms with Gasteiger partial charge in [-0.1, -0.05) is 55.8 Å². The van der Waals surface area contributed by atoms with Crippen molar-refractivity contribution >= 4 is 11.6 Å². The van der Waals surface area contributed by atoms with E-state index >= 15 is 0 Å². The fourth-order valence-electron chi connectivity index (χ4n) is 2.39. The first-order chi connectivity index (χ1) is 10.2. The molecule has 0 spiro atoms. The van der Waals surface area contributed by atoms with Crippen LogP contribution in [0, 0.1) is 6.92 Å². The summed E-state index contributed by atoms with van der Waals surface area (Å²) in [6.07, 6.45) is 2.57. The van der Waals surface area contributed by atoms with Crippen LogP contribution in [0.25, 0.3) is 0 Å². The van der Waals surface area contributed by atoms with E-state index in [4.69, 9.17) is 0 Å². The first-order valence-electron chi connectivity index (χ1n) is 7.62. The van der Waals surface area contributed by atoms with Crippen molar-refractivity contribution in [3.63, 3.8) is 0 Å². The Kier molecular flexibility index (Phi) is 5.56. The molecule has 0 aliphatic rings. The third-order valence-electron chi connectivity index (χ3n) is 3.71. The molecular formula is C19H23NO. The molecular weight excluding hydrogens is 258 g/mol. The average Bonchev–Trinajstić information content (AvgIpc) is 2.51. The lowest BCUT2D eigenvalue weighted by molar-refractivity contribution is -0.118.